The first-order valence-corrected chi connectivity index (χ1v) is 4.60. The summed E-state index contributed by atoms with van der Waals surface area (Å²) in [5.41, 5.74) is 6.41. The molecule has 1 aromatic carbocycles. The highest BCUT2D eigenvalue weighted by molar-refractivity contribution is 9.10. The molecule has 1 rings (SSSR count). The van der Waals surface area contributed by atoms with Gasteiger partial charge in [0.2, 0.25) is 0 Å². The molecule has 66 valence electrons. The fourth-order valence-corrected chi connectivity index (χ4v) is 1.52. The van der Waals surface area contributed by atoms with Crippen LogP contribution in [0.25, 0.3) is 0 Å². The van der Waals surface area contributed by atoms with E-state index in [1.165, 1.54) is 0 Å². The molecular weight excluding hydrogens is 218 g/mol. The van der Waals surface area contributed by atoms with Crippen molar-refractivity contribution in [2.45, 2.75) is 19.1 Å². The van der Waals surface area contributed by atoms with Crippen LogP contribution in [0.2, 0.25) is 0 Å². The zero-order chi connectivity index (χ0) is 9.14. The van der Waals surface area contributed by atoms with Gasteiger partial charge in [-0.1, -0.05) is 34.1 Å². The van der Waals surface area contributed by atoms with Crippen LogP contribution in [0.5, 0.6) is 0 Å². The molecule has 0 aliphatic heterocycles. The predicted molar refractivity (Wildman–Crippen MR) is 52.8 cm³/mol. The lowest BCUT2D eigenvalue weighted by atomic mass is 10.0. The molecule has 1 aromatic rings. The summed E-state index contributed by atoms with van der Waals surface area (Å²) in [6, 6.07) is 7.29. The number of aliphatic hydroxyl groups is 1. The van der Waals surface area contributed by atoms with Gasteiger partial charge in [0, 0.05) is 10.5 Å². The smallest absolute Gasteiger partial charge is 0.0949 e. The van der Waals surface area contributed by atoms with Gasteiger partial charge in [0.25, 0.3) is 0 Å². The molecule has 0 bridgehead atoms. The molecule has 0 radical (unpaired) electrons. The van der Waals surface area contributed by atoms with Crippen LogP contribution in [0.4, 0.5) is 0 Å². The number of nitrogens with two attached hydrogens (primary N) is 1. The maximum atomic E-state index is 9.62. The molecule has 0 amide bonds. The predicted octanol–water partition coefficient (Wildman–Crippen LogP) is 1.83. The van der Waals surface area contributed by atoms with E-state index in [0.717, 1.165) is 10.0 Å². The van der Waals surface area contributed by atoms with Gasteiger partial charge in [-0.2, -0.15) is 0 Å². The molecule has 0 aliphatic carbocycles. The van der Waals surface area contributed by atoms with E-state index < -0.39 is 6.10 Å². The van der Waals surface area contributed by atoms with Crippen LogP contribution in [-0.2, 0) is 0 Å². The first kappa shape index (κ1) is 9.71. The Bertz CT molecular complexity index is 262. The lowest BCUT2D eigenvalue weighted by molar-refractivity contribution is 0.152. The van der Waals surface area contributed by atoms with Gasteiger partial charge in [-0.15, -0.1) is 0 Å². The Kier molecular flexibility index (Phi) is 3.26. The summed E-state index contributed by atoms with van der Waals surface area (Å²) in [5, 5.41) is 9.62. The summed E-state index contributed by atoms with van der Waals surface area (Å²) < 4.78 is 0.898. The fourth-order valence-electron chi connectivity index (χ4n) is 0.998. The molecule has 0 saturated carbocycles. The van der Waals surface area contributed by atoms with E-state index in [9.17, 15) is 5.11 Å². The molecule has 0 unspecified atom stereocenters. The highest BCUT2D eigenvalue weighted by Gasteiger charge is 2.14. The molecule has 0 heterocycles. The third-order valence-corrected chi connectivity index (χ3v) is 2.44. The second-order valence-electron chi connectivity index (χ2n) is 2.83. The van der Waals surface area contributed by atoms with Crippen molar-refractivity contribution in [3.05, 3.63) is 34.3 Å². The Balaban J connectivity index is 2.94. The Hall–Kier alpha value is -0.380. The van der Waals surface area contributed by atoms with Crippen molar-refractivity contribution in [3.8, 4) is 0 Å². The van der Waals surface area contributed by atoms with Crippen molar-refractivity contribution >= 4 is 15.9 Å². The Labute approximate surface area is 80.5 Å². The van der Waals surface area contributed by atoms with E-state index in [1.807, 2.05) is 24.3 Å². The lowest BCUT2D eigenvalue weighted by Crippen LogP contribution is -2.24. The van der Waals surface area contributed by atoms with Crippen molar-refractivity contribution in [1.29, 1.82) is 0 Å². The van der Waals surface area contributed by atoms with E-state index in [2.05, 4.69) is 15.9 Å². The third kappa shape index (κ3) is 2.06. The van der Waals surface area contributed by atoms with Crippen molar-refractivity contribution in [2.24, 2.45) is 5.73 Å². The van der Waals surface area contributed by atoms with Gasteiger partial charge in [0.05, 0.1) is 6.10 Å². The van der Waals surface area contributed by atoms with Crippen molar-refractivity contribution in [2.75, 3.05) is 0 Å². The van der Waals surface area contributed by atoms with Gasteiger partial charge in [0.15, 0.2) is 0 Å². The minimum Gasteiger partial charge on any atom is -0.387 e. The minimum absolute atomic E-state index is 0.247. The second-order valence-corrected chi connectivity index (χ2v) is 3.68. The van der Waals surface area contributed by atoms with Crippen molar-refractivity contribution in [1.82, 2.24) is 0 Å². The van der Waals surface area contributed by atoms with Crippen LogP contribution in [0.1, 0.15) is 18.6 Å². The third-order valence-electron chi connectivity index (χ3n) is 1.72. The van der Waals surface area contributed by atoms with Crippen LogP contribution < -0.4 is 5.73 Å². The number of hydrogen-bond donors (Lipinski definition) is 2. The molecule has 2 atom stereocenters. The number of hydrogen-bond acceptors (Lipinski definition) is 2. The summed E-state index contributed by atoms with van der Waals surface area (Å²) in [6.07, 6.45) is -0.597. The highest BCUT2D eigenvalue weighted by Crippen LogP contribution is 2.24. The lowest BCUT2D eigenvalue weighted by Gasteiger charge is -2.15. The van der Waals surface area contributed by atoms with Gasteiger partial charge in [-0.3, -0.25) is 0 Å². The Morgan fingerprint density at radius 2 is 2.00 bits per heavy atom. The second kappa shape index (κ2) is 4.03. The first-order valence-electron chi connectivity index (χ1n) is 3.81. The number of rotatable bonds is 2. The first-order chi connectivity index (χ1) is 5.63. The molecular formula is C9H12BrNO. The largest absolute Gasteiger partial charge is 0.387 e. The Morgan fingerprint density at radius 3 is 2.50 bits per heavy atom. The summed E-state index contributed by atoms with van der Waals surface area (Å²) >= 11 is 3.35. The molecule has 0 saturated heterocycles. The van der Waals surface area contributed by atoms with Crippen LogP contribution in [-0.4, -0.2) is 11.1 Å². The molecule has 0 spiro atoms. The molecule has 0 aliphatic rings. The topological polar surface area (TPSA) is 46.2 Å². The van der Waals surface area contributed by atoms with Crippen LogP contribution in [0.15, 0.2) is 28.7 Å². The van der Waals surface area contributed by atoms with Gasteiger partial charge in [-0.25, -0.2) is 0 Å². The number of halogens is 1. The maximum Gasteiger partial charge on any atom is 0.0949 e. The molecule has 12 heavy (non-hydrogen) atoms. The molecule has 2 nitrogen and oxygen atoms in total. The molecule has 3 N–H and O–H groups in total. The average molecular weight is 230 g/mol. The van der Waals surface area contributed by atoms with Crippen molar-refractivity contribution in [3.63, 3.8) is 0 Å². The summed E-state index contributed by atoms with van der Waals surface area (Å²) in [7, 11) is 0. The van der Waals surface area contributed by atoms with E-state index in [0.29, 0.717) is 0 Å². The van der Waals surface area contributed by atoms with Crippen molar-refractivity contribution < 1.29 is 5.11 Å². The van der Waals surface area contributed by atoms with Crippen LogP contribution in [0, 0.1) is 0 Å². The average Bonchev–Trinajstić information content (AvgIpc) is 2.04. The van der Waals surface area contributed by atoms with E-state index in [1.54, 1.807) is 6.92 Å². The fraction of sp³-hybridized carbons (Fsp3) is 0.333. The number of aliphatic hydroxyl groups excluding tert-OH is 1. The zero-order valence-electron chi connectivity index (χ0n) is 6.87. The minimum atomic E-state index is -0.597. The summed E-state index contributed by atoms with van der Waals surface area (Å²) in [5.74, 6) is 0. The van der Waals surface area contributed by atoms with E-state index in [4.69, 9.17) is 5.73 Å². The number of benzene rings is 1. The normalized spacial score (nSPS) is 15.7. The van der Waals surface area contributed by atoms with Crippen LogP contribution >= 0.6 is 15.9 Å². The summed E-state index contributed by atoms with van der Waals surface area (Å²) in [4.78, 5) is 0. The maximum absolute atomic E-state index is 9.62. The molecule has 3 heteroatoms. The molecule has 0 aromatic heterocycles. The molecule has 0 fully saturated rings. The Morgan fingerprint density at radius 1 is 1.42 bits per heavy atom. The van der Waals surface area contributed by atoms with E-state index >= 15 is 0 Å². The van der Waals surface area contributed by atoms with Crippen LogP contribution in [0.3, 0.4) is 0 Å². The highest BCUT2D eigenvalue weighted by atomic mass is 79.9. The van der Waals surface area contributed by atoms with Gasteiger partial charge in [0.1, 0.15) is 0 Å². The van der Waals surface area contributed by atoms with Gasteiger partial charge in [-0.05, 0) is 18.6 Å². The summed E-state index contributed by atoms with van der Waals surface area (Å²) in [6.45, 7) is 1.78. The van der Waals surface area contributed by atoms with E-state index in [-0.39, 0.29) is 6.04 Å². The van der Waals surface area contributed by atoms with Gasteiger partial charge < -0.3 is 10.8 Å². The SMILES string of the molecule is C[C@@H](N)[C@@H](O)c1ccccc1Br. The monoisotopic (exact) mass is 229 g/mol. The quantitative estimate of drug-likeness (QED) is 0.814. The zero-order valence-corrected chi connectivity index (χ0v) is 8.45. The standard InChI is InChI=1S/C9H12BrNO/c1-6(11)9(12)7-4-2-3-5-8(7)10/h2-6,9,12H,11H2,1H3/t6-,9-/m1/s1. The van der Waals surface area contributed by atoms with Gasteiger partial charge >= 0.3 is 0 Å².